The van der Waals surface area contributed by atoms with Gasteiger partial charge in [-0.1, -0.05) is 51.2 Å². The molecule has 0 amide bonds. The fraction of sp³-hybridized carbons (Fsp3) is 0.474. The van der Waals surface area contributed by atoms with Gasteiger partial charge < -0.3 is 5.32 Å². The molecule has 0 fully saturated rings. The average molecular weight is 315 g/mol. The second kappa shape index (κ2) is 9.23. The lowest BCUT2D eigenvalue weighted by Crippen LogP contribution is -2.05. The summed E-state index contributed by atoms with van der Waals surface area (Å²) in [5, 5.41) is 3.36. The predicted octanol–water partition coefficient (Wildman–Crippen LogP) is 5.36. The first-order valence-electron chi connectivity index (χ1n) is 8.54. The van der Waals surface area contributed by atoms with E-state index >= 15 is 0 Å². The molecule has 0 saturated heterocycles. The minimum absolute atomic E-state index is 0.269. The molecule has 0 aliphatic rings. The molecule has 0 saturated carbocycles. The van der Waals surface area contributed by atoms with Crippen LogP contribution in [0.1, 0.15) is 51.1 Å². The summed E-state index contributed by atoms with van der Waals surface area (Å²) in [6, 6.07) is 8.33. The molecular formula is C19H26FN3. The number of nitrogens with one attached hydrogen (secondary N) is 1. The van der Waals surface area contributed by atoms with Crippen LogP contribution < -0.4 is 5.32 Å². The fourth-order valence-electron chi connectivity index (χ4n) is 2.54. The van der Waals surface area contributed by atoms with E-state index in [2.05, 4.69) is 22.2 Å². The summed E-state index contributed by atoms with van der Waals surface area (Å²) in [6.07, 6.45) is 7.62. The molecule has 124 valence electrons. The minimum atomic E-state index is -0.269. The van der Waals surface area contributed by atoms with Gasteiger partial charge in [-0.2, -0.15) is 0 Å². The number of hydrogen-bond acceptors (Lipinski definition) is 3. The number of aryl methyl sites for hydroxylation is 1. The number of benzene rings is 1. The molecule has 0 aliphatic carbocycles. The molecule has 0 spiro atoms. The second-order valence-electron chi connectivity index (χ2n) is 5.92. The van der Waals surface area contributed by atoms with Crippen molar-refractivity contribution in [1.82, 2.24) is 9.97 Å². The first-order valence-corrected chi connectivity index (χ1v) is 8.54. The molecule has 0 bridgehead atoms. The summed E-state index contributed by atoms with van der Waals surface area (Å²) in [5.74, 6) is 1.11. The van der Waals surface area contributed by atoms with Gasteiger partial charge in [-0.05, 0) is 25.5 Å². The summed E-state index contributed by atoms with van der Waals surface area (Å²) in [5.41, 5.74) is 1.58. The van der Waals surface area contributed by atoms with Crippen molar-refractivity contribution in [3.8, 4) is 11.4 Å². The summed E-state index contributed by atoms with van der Waals surface area (Å²) in [6.45, 7) is 5.07. The summed E-state index contributed by atoms with van der Waals surface area (Å²) in [4.78, 5) is 8.91. The third kappa shape index (κ3) is 5.97. The Bertz CT molecular complexity index is 613. The molecule has 23 heavy (non-hydrogen) atoms. The molecular weight excluding hydrogens is 289 g/mol. The van der Waals surface area contributed by atoms with E-state index in [1.807, 2.05) is 19.1 Å². The Kier molecular flexibility index (Phi) is 6.98. The number of halogens is 1. The van der Waals surface area contributed by atoms with Crippen LogP contribution in [0.3, 0.4) is 0 Å². The number of unbranched alkanes of at least 4 members (excludes halogenated alkanes) is 5. The highest BCUT2D eigenvalue weighted by Crippen LogP contribution is 2.19. The van der Waals surface area contributed by atoms with Crippen LogP contribution in [0.15, 0.2) is 30.3 Å². The number of hydrogen-bond donors (Lipinski definition) is 1. The van der Waals surface area contributed by atoms with Gasteiger partial charge in [0, 0.05) is 23.9 Å². The topological polar surface area (TPSA) is 37.8 Å². The van der Waals surface area contributed by atoms with Gasteiger partial charge in [0.1, 0.15) is 11.6 Å². The molecule has 2 rings (SSSR count). The number of nitrogens with zero attached hydrogens (tertiary/aromatic N) is 2. The van der Waals surface area contributed by atoms with Crippen molar-refractivity contribution < 1.29 is 4.39 Å². The van der Waals surface area contributed by atoms with Gasteiger partial charge in [0.2, 0.25) is 0 Å². The standard InChI is InChI=1S/C19H26FN3/c1-3-4-5-6-7-8-12-21-18-13-15(2)22-19(23-18)16-10-9-11-17(20)14-16/h9-11,13-14H,3-8,12H2,1-2H3,(H,21,22,23). The molecule has 4 heteroatoms. The number of aromatic nitrogens is 2. The van der Waals surface area contributed by atoms with Crippen LogP contribution in [0.2, 0.25) is 0 Å². The predicted molar refractivity (Wildman–Crippen MR) is 94.0 cm³/mol. The van der Waals surface area contributed by atoms with E-state index in [9.17, 15) is 4.39 Å². The lowest BCUT2D eigenvalue weighted by Gasteiger charge is -2.09. The normalized spacial score (nSPS) is 10.7. The Labute approximate surface area is 138 Å². The quantitative estimate of drug-likeness (QED) is 0.633. The van der Waals surface area contributed by atoms with Crippen LogP contribution in [0.4, 0.5) is 10.2 Å². The van der Waals surface area contributed by atoms with Gasteiger partial charge in [-0.3, -0.25) is 0 Å². The Morgan fingerprint density at radius 3 is 2.57 bits per heavy atom. The van der Waals surface area contributed by atoms with Crippen molar-refractivity contribution in [3.63, 3.8) is 0 Å². The zero-order chi connectivity index (χ0) is 16.5. The first-order chi connectivity index (χ1) is 11.2. The van der Waals surface area contributed by atoms with Crippen LogP contribution >= 0.6 is 0 Å². The van der Waals surface area contributed by atoms with E-state index in [1.54, 1.807) is 6.07 Å². The molecule has 0 unspecified atom stereocenters. The van der Waals surface area contributed by atoms with Crippen LogP contribution in [-0.2, 0) is 0 Å². The Morgan fingerprint density at radius 2 is 1.78 bits per heavy atom. The lowest BCUT2D eigenvalue weighted by atomic mass is 10.1. The van der Waals surface area contributed by atoms with Gasteiger partial charge in [-0.15, -0.1) is 0 Å². The molecule has 0 aliphatic heterocycles. The average Bonchev–Trinajstić information content (AvgIpc) is 2.53. The SMILES string of the molecule is CCCCCCCCNc1cc(C)nc(-c2cccc(F)c2)n1. The zero-order valence-electron chi connectivity index (χ0n) is 14.1. The molecule has 1 aromatic carbocycles. The molecule has 3 nitrogen and oxygen atoms in total. The van der Waals surface area contributed by atoms with Crippen LogP contribution in [0.25, 0.3) is 11.4 Å². The maximum Gasteiger partial charge on any atom is 0.161 e. The lowest BCUT2D eigenvalue weighted by molar-refractivity contribution is 0.617. The summed E-state index contributed by atoms with van der Waals surface area (Å²) >= 11 is 0. The van der Waals surface area contributed by atoms with E-state index in [0.717, 1.165) is 24.5 Å². The Balaban J connectivity index is 1.90. The van der Waals surface area contributed by atoms with Crippen molar-refractivity contribution in [2.45, 2.75) is 52.4 Å². The second-order valence-corrected chi connectivity index (χ2v) is 5.92. The van der Waals surface area contributed by atoms with Crippen molar-refractivity contribution >= 4 is 5.82 Å². The number of anilines is 1. The summed E-state index contributed by atoms with van der Waals surface area (Å²) in [7, 11) is 0. The van der Waals surface area contributed by atoms with E-state index in [-0.39, 0.29) is 5.82 Å². The fourth-order valence-corrected chi connectivity index (χ4v) is 2.54. The summed E-state index contributed by atoms with van der Waals surface area (Å²) < 4.78 is 13.4. The van der Waals surface area contributed by atoms with Crippen molar-refractivity contribution in [2.24, 2.45) is 0 Å². The maximum atomic E-state index is 13.4. The van der Waals surface area contributed by atoms with E-state index < -0.39 is 0 Å². The van der Waals surface area contributed by atoms with Crippen molar-refractivity contribution in [3.05, 3.63) is 41.8 Å². The Morgan fingerprint density at radius 1 is 1.00 bits per heavy atom. The van der Waals surface area contributed by atoms with E-state index in [1.165, 1.54) is 44.2 Å². The minimum Gasteiger partial charge on any atom is -0.370 e. The van der Waals surface area contributed by atoms with Crippen molar-refractivity contribution in [1.29, 1.82) is 0 Å². The van der Waals surface area contributed by atoms with Gasteiger partial charge in [-0.25, -0.2) is 14.4 Å². The molecule has 1 aromatic heterocycles. The van der Waals surface area contributed by atoms with Crippen LogP contribution in [0.5, 0.6) is 0 Å². The van der Waals surface area contributed by atoms with Gasteiger partial charge in [0.25, 0.3) is 0 Å². The van der Waals surface area contributed by atoms with Gasteiger partial charge >= 0.3 is 0 Å². The number of rotatable bonds is 9. The van der Waals surface area contributed by atoms with Crippen LogP contribution in [0, 0.1) is 12.7 Å². The molecule has 1 N–H and O–H groups in total. The van der Waals surface area contributed by atoms with Gasteiger partial charge in [0.15, 0.2) is 5.82 Å². The van der Waals surface area contributed by atoms with Crippen LogP contribution in [-0.4, -0.2) is 16.5 Å². The van der Waals surface area contributed by atoms with Crippen molar-refractivity contribution in [2.75, 3.05) is 11.9 Å². The maximum absolute atomic E-state index is 13.4. The highest BCUT2D eigenvalue weighted by molar-refractivity contribution is 5.57. The third-order valence-electron chi connectivity index (χ3n) is 3.77. The zero-order valence-corrected chi connectivity index (χ0v) is 14.1. The molecule has 0 atom stereocenters. The van der Waals surface area contributed by atoms with E-state index in [4.69, 9.17) is 0 Å². The van der Waals surface area contributed by atoms with Gasteiger partial charge in [0.05, 0.1) is 0 Å². The third-order valence-corrected chi connectivity index (χ3v) is 3.77. The first kappa shape index (κ1) is 17.4. The highest BCUT2D eigenvalue weighted by atomic mass is 19.1. The van der Waals surface area contributed by atoms with E-state index in [0.29, 0.717) is 11.4 Å². The smallest absolute Gasteiger partial charge is 0.161 e. The monoisotopic (exact) mass is 315 g/mol. The molecule has 0 radical (unpaired) electrons. The molecule has 2 aromatic rings. The largest absolute Gasteiger partial charge is 0.370 e. The molecule has 1 heterocycles. The Hall–Kier alpha value is -1.97. The highest BCUT2D eigenvalue weighted by Gasteiger charge is 2.06.